The van der Waals surface area contributed by atoms with E-state index >= 15 is 0 Å². The predicted octanol–water partition coefficient (Wildman–Crippen LogP) is 3.57. The second-order valence-electron chi connectivity index (χ2n) is 3.95. The summed E-state index contributed by atoms with van der Waals surface area (Å²) < 4.78 is 10.8. The molecule has 3 aromatic rings. The quantitative estimate of drug-likeness (QED) is 0.738. The number of ether oxygens (including phenoxy) is 1. The van der Waals surface area contributed by atoms with Gasteiger partial charge in [-0.15, -0.1) is 0 Å². The largest absolute Gasteiger partial charge is 0.497 e. The minimum atomic E-state index is 0.571. The minimum absolute atomic E-state index is 0.571. The lowest BCUT2D eigenvalue weighted by atomic mass is 10.3. The van der Waals surface area contributed by atoms with Gasteiger partial charge in [0.05, 0.1) is 7.11 Å². The van der Waals surface area contributed by atoms with E-state index in [0.29, 0.717) is 10.9 Å². The van der Waals surface area contributed by atoms with E-state index in [1.54, 1.807) is 7.11 Å². The first-order valence-electron chi connectivity index (χ1n) is 5.73. The summed E-state index contributed by atoms with van der Waals surface area (Å²) in [6, 6.07) is 13.2. The molecule has 0 spiro atoms. The monoisotopic (exact) mass is 272 g/mol. The SMILES string of the molecule is COc1ccc(N)c(Sc2nc3ccccc3o2)c1. The van der Waals surface area contributed by atoms with E-state index < -0.39 is 0 Å². The molecule has 0 aliphatic heterocycles. The van der Waals surface area contributed by atoms with Crippen molar-refractivity contribution in [2.24, 2.45) is 0 Å². The normalized spacial score (nSPS) is 10.8. The van der Waals surface area contributed by atoms with Crippen molar-refractivity contribution in [1.29, 1.82) is 0 Å². The van der Waals surface area contributed by atoms with E-state index in [4.69, 9.17) is 14.9 Å². The van der Waals surface area contributed by atoms with Crippen molar-refractivity contribution in [3.8, 4) is 5.75 Å². The van der Waals surface area contributed by atoms with Gasteiger partial charge >= 0.3 is 0 Å². The Morgan fingerprint density at radius 2 is 2.05 bits per heavy atom. The molecule has 0 saturated carbocycles. The standard InChI is InChI=1S/C14H12N2O2S/c1-17-9-6-7-10(15)13(8-9)19-14-16-11-4-2-3-5-12(11)18-14/h2-8H,15H2,1H3. The van der Waals surface area contributed by atoms with Crippen LogP contribution in [0.25, 0.3) is 11.1 Å². The van der Waals surface area contributed by atoms with E-state index in [0.717, 1.165) is 21.7 Å². The van der Waals surface area contributed by atoms with Crippen LogP contribution in [0.15, 0.2) is 57.0 Å². The van der Waals surface area contributed by atoms with Crippen LogP contribution >= 0.6 is 11.8 Å². The number of nitrogen functional groups attached to an aromatic ring is 1. The summed E-state index contributed by atoms with van der Waals surface area (Å²) in [4.78, 5) is 5.27. The highest BCUT2D eigenvalue weighted by Crippen LogP contribution is 2.35. The Hall–Kier alpha value is -2.14. The Morgan fingerprint density at radius 3 is 2.84 bits per heavy atom. The number of oxazole rings is 1. The van der Waals surface area contributed by atoms with Crippen LogP contribution in [0.4, 0.5) is 5.69 Å². The average molecular weight is 272 g/mol. The lowest BCUT2D eigenvalue weighted by Gasteiger charge is -2.05. The van der Waals surface area contributed by atoms with Crippen LogP contribution in [-0.2, 0) is 0 Å². The van der Waals surface area contributed by atoms with Crippen LogP contribution in [0.2, 0.25) is 0 Å². The summed E-state index contributed by atoms with van der Waals surface area (Å²) in [6.07, 6.45) is 0. The summed E-state index contributed by atoms with van der Waals surface area (Å²) in [5, 5.41) is 0.571. The fourth-order valence-corrected chi connectivity index (χ4v) is 2.54. The van der Waals surface area contributed by atoms with Crippen molar-refractivity contribution in [2.45, 2.75) is 10.1 Å². The molecule has 0 bridgehead atoms. The summed E-state index contributed by atoms with van der Waals surface area (Å²) in [7, 11) is 1.62. The van der Waals surface area contributed by atoms with Gasteiger partial charge in [0, 0.05) is 10.6 Å². The molecule has 0 saturated heterocycles. The molecule has 0 amide bonds. The smallest absolute Gasteiger partial charge is 0.261 e. The molecule has 96 valence electrons. The number of fused-ring (bicyclic) bond motifs is 1. The molecule has 1 aromatic heterocycles. The van der Waals surface area contributed by atoms with Crippen LogP contribution < -0.4 is 10.5 Å². The zero-order valence-corrected chi connectivity index (χ0v) is 11.1. The third-order valence-corrected chi connectivity index (χ3v) is 3.61. The van der Waals surface area contributed by atoms with Gasteiger partial charge in [-0.05, 0) is 42.1 Å². The van der Waals surface area contributed by atoms with Crippen molar-refractivity contribution in [3.63, 3.8) is 0 Å². The molecule has 2 aromatic carbocycles. The van der Waals surface area contributed by atoms with Crippen molar-refractivity contribution < 1.29 is 9.15 Å². The first-order valence-corrected chi connectivity index (χ1v) is 6.55. The Bertz CT molecular complexity index is 691. The van der Waals surface area contributed by atoms with Gasteiger partial charge < -0.3 is 14.9 Å². The molecule has 0 unspecified atom stereocenters. The molecule has 4 nitrogen and oxygen atoms in total. The van der Waals surface area contributed by atoms with Gasteiger partial charge in [-0.25, -0.2) is 4.98 Å². The minimum Gasteiger partial charge on any atom is -0.497 e. The maximum atomic E-state index is 5.94. The van der Waals surface area contributed by atoms with E-state index in [2.05, 4.69) is 4.98 Å². The lowest BCUT2D eigenvalue weighted by molar-refractivity contribution is 0.414. The summed E-state index contributed by atoms with van der Waals surface area (Å²) in [5.41, 5.74) is 8.22. The molecule has 0 radical (unpaired) electrons. The zero-order valence-electron chi connectivity index (χ0n) is 10.3. The van der Waals surface area contributed by atoms with Gasteiger partial charge in [0.25, 0.3) is 5.22 Å². The number of nitrogens with zero attached hydrogens (tertiary/aromatic N) is 1. The van der Waals surface area contributed by atoms with Gasteiger partial charge in [0.1, 0.15) is 11.3 Å². The molecule has 0 atom stereocenters. The molecule has 5 heteroatoms. The van der Waals surface area contributed by atoms with E-state index in [1.807, 2.05) is 42.5 Å². The van der Waals surface area contributed by atoms with Crippen LogP contribution in [0.5, 0.6) is 5.75 Å². The number of rotatable bonds is 3. The number of para-hydroxylation sites is 2. The Balaban J connectivity index is 1.96. The van der Waals surface area contributed by atoms with Crippen molar-refractivity contribution in [3.05, 3.63) is 42.5 Å². The van der Waals surface area contributed by atoms with Crippen molar-refractivity contribution >= 4 is 28.5 Å². The number of nitrogens with two attached hydrogens (primary N) is 1. The Morgan fingerprint density at radius 1 is 1.21 bits per heavy atom. The van der Waals surface area contributed by atoms with Crippen LogP contribution in [0, 0.1) is 0 Å². The molecule has 0 aliphatic rings. The maximum Gasteiger partial charge on any atom is 0.261 e. The fraction of sp³-hybridized carbons (Fsp3) is 0.0714. The molecule has 0 fully saturated rings. The molecular weight excluding hydrogens is 260 g/mol. The molecule has 0 aliphatic carbocycles. The number of methoxy groups -OCH3 is 1. The summed E-state index contributed by atoms with van der Waals surface area (Å²) in [5.74, 6) is 0.757. The molecule has 19 heavy (non-hydrogen) atoms. The third kappa shape index (κ3) is 2.37. The van der Waals surface area contributed by atoms with Crippen LogP contribution in [0.3, 0.4) is 0 Å². The van der Waals surface area contributed by atoms with Gasteiger partial charge in [-0.1, -0.05) is 12.1 Å². The van der Waals surface area contributed by atoms with Gasteiger partial charge in [-0.2, -0.15) is 0 Å². The van der Waals surface area contributed by atoms with Crippen LogP contribution in [0.1, 0.15) is 0 Å². The van der Waals surface area contributed by atoms with Crippen molar-refractivity contribution in [1.82, 2.24) is 4.98 Å². The number of benzene rings is 2. The second-order valence-corrected chi connectivity index (χ2v) is 4.95. The van der Waals surface area contributed by atoms with Crippen molar-refractivity contribution in [2.75, 3.05) is 12.8 Å². The van der Waals surface area contributed by atoms with E-state index in [1.165, 1.54) is 11.8 Å². The van der Waals surface area contributed by atoms with Gasteiger partial charge in [-0.3, -0.25) is 0 Å². The predicted molar refractivity (Wildman–Crippen MR) is 75.5 cm³/mol. The molecule has 3 rings (SSSR count). The number of hydrogen-bond donors (Lipinski definition) is 1. The third-order valence-electron chi connectivity index (χ3n) is 2.69. The highest BCUT2D eigenvalue weighted by molar-refractivity contribution is 7.99. The van der Waals surface area contributed by atoms with Gasteiger partial charge in [0.2, 0.25) is 0 Å². The van der Waals surface area contributed by atoms with Gasteiger partial charge in [0.15, 0.2) is 5.58 Å². The number of hydrogen-bond acceptors (Lipinski definition) is 5. The molecular formula is C14H12N2O2S. The second kappa shape index (κ2) is 4.85. The first kappa shape index (κ1) is 11.9. The number of anilines is 1. The Kier molecular flexibility index (Phi) is 3.05. The lowest BCUT2D eigenvalue weighted by Crippen LogP contribution is -1.90. The molecule has 1 heterocycles. The van der Waals surface area contributed by atoms with E-state index in [9.17, 15) is 0 Å². The topological polar surface area (TPSA) is 61.3 Å². The first-order chi connectivity index (χ1) is 9.26. The summed E-state index contributed by atoms with van der Waals surface area (Å²) in [6.45, 7) is 0. The highest BCUT2D eigenvalue weighted by atomic mass is 32.2. The highest BCUT2D eigenvalue weighted by Gasteiger charge is 2.10. The Labute approximate surface area is 114 Å². The zero-order chi connectivity index (χ0) is 13.2. The fourth-order valence-electron chi connectivity index (χ4n) is 1.72. The van der Waals surface area contributed by atoms with Crippen LogP contribution in [-0.4, -0.2) is 12.1 Å². The average Bonchev–Trinajstić information content (AvgIpc) is 2.83. The summed E-state index contributed by atoms with van der Waals surface area (Å²) >= 11 is 1.39. The van der Waals surface area contributed by atoms with E-state index in [-0.39, 0.29) is 0 Å². The maximum absolute atomic E-state index is 5.94. The molecule has 2 N–H and O–H groups in total. The number of aromatic nitrogens is 1.